The van der Waals surface area contributed by atoms with E-state index in [1.807, 2.05) is 62.4 Å². The minimum absolute atomic E-state index is 0.0416. The summed E-state index contributed by atoms with van der Waals surface area (Å²) in [5.74, 6) is -0.166. The van der Waals surface area contributed by atoms with Crippen LogP contribution in [-0.4, -0.2) is 50.0 Å². The van der Waals surface area contributed by atoms with Gasteiger partial charge in [0.05, 0.1) is 23.2 Å². The third kappa shape index (κ3) is 6.13. The fourth-order valence-electron chi connectivity index (χ4n) is 5.58. The van der Waals surface area contributed by atoms with E-state index in [4.69, 9.17) is 28.3 Å². The topological polar surface area (TPSA) is 82.1 Å². The molecule has 1 N–H and O–H groups in total. The Morgan fingerprint density at radius 1 is 1.05 bits per heavy atom. The summed E-state index contributed by atoms with van der Waals surface area (Å²) >= 11 is 12.3. The number of aryl methyl sites for hydroxylation is 1. The molecular formula is C32H34Cl2N4O3S. The molecule has 1 fully saturated rings. The summed E-state index contributed by atoms with van der Waals surface area (Å²) < 4.78 is 26.8. The van der Waals surface area contributed by atoms with Gasteiger partial charge in [0, 0.05) is 35.7 Å². The van der Waals surface area contributed by atoms with E-state index in [2.05, 4.69) is 11.4 Å². The molecule has 1 amide bonds. The Bertz CT molecular complexity index is 1670. The van der Waals surface area contributed by atoms with E-state index in [1.54, 1.807) is 17.1 Å². The standard InChI is InChI=1S/C32H34Cl2N4O3S/c1-20-16-27(42(40,41)37(3)4)18-29(21(20)2)35-19-30(39)38-32(23-10-14-26(34)15-11-23)28-7-5-6-24(31(28)36-38)17-22-8-12-25(33)13-9-22/h8-18,28,32,35H,5-7,19H2,1-4H3/b24-17-. The second-order valence-electron chi connectivity index (χ2n) is 11.0. The number of anilines is 1. The van der Waals surface area contributed by atoms with E-state index in [-0.39, 0.29) is 29.3 Å². The van der Waals surface area contributed by atoms with E-state index in [0.29, 0.717) is 15.7 Å². The van der Waals surface area contributed by atoms with Gasteiger partial charge in [-0.3, -0.25) is 4.79 Å². The van der Waals surface area contributed by atoms with Gasteiger partial charge < -0.3 is 5.32 Å². The zero-order valence-electron chi connectivity index (χ0n) is 24.1. The third-order valence-electron chi connectivity index (χ3n) is 8.03. The highest BCUT2D eigenvalue weighted by Gasteiger charge is 2.43. The van der Waals surface area contributed by atoms with Gasteiger partial charge in [0.2, 0.25) is 10.0 Å². The number of rotatable bonds is 7. The molecule has 5 rings (SSSR count). The van der Waals surface area contributed by atoms with Gasteiger partial charge in [-0.25, -0.2) is 17.7 Å². The minimum Gasteiger partial charge on any atom is -0.376 e. The maximum absolute atomic E-state index is 13.9. The first-order valence-electron chi connectivity index (χ1n) is 13.9. The summed E-state index contributed by atoms with van der Waals surface area (Å²) in [6, 6.07) is 18.3. The van der Waals surface area contributed by atoms with Crippen LogP contribution in [0.2, 0.25) is 10.0 Å². The fraction of sp³-hybridized carbons (Fsp3) is 0.312. The average molecular weight is 626 g/mol. The molecule has 3 aromatic carbocycles. The Morgan fingerprint density at radius 2 is 1.69 bits per heavy atom. The first-order chi connectivity index (χ1) is 20.0. The van der Waals surface area contributed by atoms with Crippen molar-refractivity contribution in [1.29, 1.82) is 0 Å². The second-order valence-corrected chi connectivity index (χ2v) is 14.0. The number of carbonyl (C=O) groups excluding carboxylic acids is 1. The van der Waals surface area contributed by atoms with Crippen LogP contribution in [0.25, 0.3) is 6.08 Å². The zero-order valence-corrected chi connectivity index (χ0v) is 26.4. The Balaban J connectivity index is 1.47. The highest BCUT2D eigenvalue weighted by atomic mass is 35.5. The van der Waals surface area contributed by atoms with Crippen LogP contribution in [0.3, 0.4) is 0 Å². The predicted octanol–water partition coefficient (Wildman–Crippen LogP) is 7.10. The fourth-order valence-corrected chi connectivity index (χ4v) is 6.85. The van der Waals surface area contributed by atoms with Crippen LogP contribution in [-0.2, 0) is 14.8 Å². The minimum atomic E-state index is -3.64. The molecule has 2 unspecified atom stereocenters. The van der Waals surface area contributed by atoms with Gasteiger partial charge in [0.1, 0.15) is 0 Å². The van der Waals surface area contributed by atoms with Crippen LogP contribution in [0.1, 0.15) is 47.6 Å². The third-order valence-corrected chi connectivity index (χ3v) is 10.3. The molecular weight excluding hydrogens is 591 g/mol. The predicted molar refractivity (Wildman–Crippen MR) is 171 cm³/mol. The summed E-state index contributed by atoms with van der Waals surface area (Å²) in [6.45, 7) is 3.72. The molecule has 7 nitrogen and oxygen atoms in total. The highest BCUT2D eigenvalue weighted by Crippen LogP contribution is 2.44. The molecule has 1 aliphatic carbocycles. The molecule has 42 heavy (non-hydrogen) atoms. The van der Waals surface area contributed by atoms with Crippen molar-refractivity contribution < 1.29 is 13.2 Å². The molecule has 2 aliphatic rings. The number of sulfonamides is 1. The molecule has 0 bridgehead atoms. The Hall–Kier alpha value is -3.17. The Morgan fingerprint density at radius 3 is 2.33 bits per heavy atom. The quantitative estimate of drug-likeness (QED) is 0.304. The molecule has 1 heterocycles. The lowest BCUT2D eigenvalue weighted by atomic mass is 9.77. The molecule has 0 radical (unpaired) electrons. The van der Waals surface area contributed by atoms with Crippen molar-refractivity contribution in [2.45, 2.75) is 44.0 Å². The maximum Gasteiger partial charge on any atom is 0.262 e. The number of hydrazone groups is 1. The SMILES string of the molecule is Cc1cc(S(=O)(=O)N(C)C)cc(NCC(=O)N2N=C3/C(=C\c4ccc(Cl)cc4)CCCC3C2c2ccc(Cl)cc2)c1C. The summed E-state index contributed by atoms with van der Waals surface area (Å²) in [6.07, 6.45) is 4.90. The van der Waals surface area contributed by atoms with E-state index in [1.165, 1.54) is 18.4 Å². The number of amides is 1. The summed E-state index contributed by atoms with van der Waals surface area (Å²) in [7, 11) is -0.639. The summed E-state index contributed by atoms with van der Waals surface area (Å²) in [4.78, 5) is 14.0. The molecule has 0 aromatic heterocycles. The number of allylic oxidation sites excluding steroid dienone is 1. The first-order valence-corrected chi connectivity index (χ1v) is 16.1. The monoisotopic (exact) mass is 624 g/mol. The normalized spacial score (nSPS) is 19.6. The van der Waals surface area contributed by atoms with E-state index >= 15 is 0 Å². The number of carbonyl (C=O) groups is 1. The molecule has 1 aliphatic heterocycles. The zero-order chi connectivity index (χ0) is 30.2. The molecule has 0 saturated heterocycles. The molecule has 220 valence electrons. The van der Waals surface area contributed by atoms with Gasteiger partial charge in [-0.05, 0) is 103 Å². The Labute approximate surface area is 257 Å². The lowest BCUT2D eigenvalue weighted by molar-refractivity contribution is -0.131. The molecule has 3 aromatic rings. The van der Waals surface area contributed by atoms with Crippen molar-refractivity contribution in [3.8, 4) is 0 Å². The number of nitrogens with zero attached hydrogens (tertiary/aromatic N) is 3. The van der Waals surface area contributed by atoms with Gasteiger partial charge in [0.15, 0.2) is 0 Å². The van der Waals surface area contributed by atoms with Gasteiger partial charge >= 0.3 is 0 Å². The lowest BCUT2D eigenvalue weighted by Gasteiger charge is -2.30. The van der Waals surface area contributed by atoms with Crippen LogP contribution >= 0.6 is 23.2 Å². The van der Waals surface area contributed by atoms with Gasteiger partial charge in [-0.2, -0.15) is 5.10 Å². The Kier molecular flexibility index (Phi) is 8.81. The number of fused-ring (bicyclic) bond motifs is 1. The number of hydrogen-bond acceptors (Lipinski definition) is 5. The number of halogens is 2. The highest BCUT2D eigenvalue weighted by molar-refractivity contribution is 7.89. The molecule has 0 spiro atoms. The van der Waals surface area contributed by atoms with Gasteiger partial charge in [-0.1, -0.05) is 47.5 Å². The first kappa shape index (κ1) is 30.3. The van der Waals surface area contributed by atoms with Gasteiger partial charge in [0.25, 0.3) is 5.91 Å². The van der Waals surface area contributed by atoms with Crippen LogP contribution in [0.4, 0.5) is 5.69 Å². The van der Waals surface area contributed by atoms with Crippen LogP contribution in [0.15, 0.2) is 76.2 Å². The van der Waals surface area contributed by atoms with Crippen molar-refractivity contribution in [3.05, 3.63) is 98.5 Å². The molecule has 2 atom stereocenters. The summed E-state index contributed by atoms with van der Waals surface area (Å²) in [5, 5.41) is 11.1. The van der Waals surface area contributed by atoms with Crippen LogP contribution in [0.5, 0.6) is 0 Å². The van der Waals surface area contributed by atoms with E-state index in [0.717, 1.165) is 52.8 Å². The van der Waals surface area contributed by atoms with E-state index < -0.39 is 10.0 Å². The molecule has 1 saturated carbocycles. The second kappa shape index (κ2) is 12.2. The summed E-state index contributed by atoms with van der Waals surface area (Å²) in [5.41, 5.74) is 6.33. The van der Waals surface area contributed by atoms with Crippen LogP contribution < -0.4 is 5.32 Å². The maximum atomic E-state index is 13.9. The number of nitrogens with one attached hydrogen (secondary N) is 1. The smallest absolute Gasteiger partial charge is 0.262 e. The average Bonchev–Trinajstić information content (AvgIpc) is 3.36. The van der Waals surface area contributed by atoms with E-state index in [9.17, 15) is 13.2 Å². The molecule has 10 heteroatoms. The van der Waals surface area contributed by atoms with Crippen molar-refractivity contribution in [1.82, 2.24) is 9.31 Å². The van der Waals surface area contributed by atoms with Crippen molar-refractivity contribution in [3.63, 3.8) is 0 Å². The lowest BCUT2D eigenvalue weighted by Crippen LogP contribution is -2.35. The van der Waals surface area contributed by atoms with Crippen LogP contribution in [0, 0.1) is 19.8 Å². The van der Waals surface area contributed by atoms with Crippen molar-refractivity contribution in [2.24, 2.45) is 11.0 Å². The van der Waals surface area contributed by atoms with Crippen molar-refractivity contribution in [2.75, 3.05) is 26.0 Å². The van der Waals surface area contributed by atoms with Crippen molar-refractivity contribution >= 4 is 56.6 Å². The largest absolute Gasteiger partial charge is 0.376 e. The number of hydrogen-bond donors (Lipinski definition) is 1. The van der Waals surface area contributed by atoms with Gasteiger partial charge in [-0.15, -0.1) is 0 Å². The number of benzene rings is 3.